The van der Waals surface area contributed by atoms with E-state index in [0.717, 1.165) is 29.9 Å². The van der Waals surface area contributed by atoms with Crippen molar-refractivity contribution < 1.29 is 9.53 Å². The molecule has 1 saturated carbocycles. The van der Waals surface area contributed by atoms with Crippen LogP contribution in [0.15, 0.2) is 60.0 Å². The predicted octanol–water partition coefficient (Wildman–Crippen LogP) is 5.43. The maximum absolute atomic E-state index is 12.8. The van der Waals surface area contributed by atoms with Crippen LogP contribution in [0, 0.1) is 17.8 Å². The average Bonchev–Trinajstić information content (AvgIpc) is 3.23. The van der Waals surface area contributed by atoms with Gasteiger partial charge in [0.05, 0.1) is 5.75 Å². The maximum Gasteiger partial charge on any atom is 0.316 e. The quantitative estimate of drug-likeness (QED) is 0.353. The second-order valence-electron chi connectivity index (χ2n) is 8.86. The van der Waals surface area contributed by atoms with Gasteiger partial charge < -0.3 is 4.74 Å². The first-order valence-electron chi connectivity index (χ1n) is 11.3. The number of aromatic nitrogens is 4. The fourth-order valence-corrected chi connectivity index (χ4v) is 5.17. The Hall–Kier alpha value is -2.67. The molecule has 3 aromatic rings. The van der Waals surface area contributed by atoms with E-state index in [1.165, 1.54) is 18.2 Å². The Labute approximate surface area is 193 Å². The summed E-state index contributed by atoms with van der Waals surface area (Å²) in [6.45, 7) is 6.69. The molecule has 7 heteroatoms. The Kier molecular flexibility index (Phi) is 7.25. The Morgan fingerprint density at radius 1 is 1.12 bits per heavy atom. The van der Waals surface area contributed by atoms with E-state index in [0.29, 0.717) is 22.9 Å². The summed E-state index contributed by atoms with van der Waals surface area (Å²) in [4.78, 5) is 16.9. The van der Waals surface area contributed by atoms with E-state index in [1.54, 1.807) is 12.4 Å². The molecule has 1 fully saturated rings. The van der Waals surface area contributed by atoms with Crippen LogP contribution >= 0.6 is 11.8 Å². The number of carbonyl (C=O) groups excluding carboxylic acids is 1. The second kappa shape index (κ2) is 10.3. The highest BCUT2D eigenvalue weighted by atomic mass is 32.2. The van der Waals surface area contributed by atoms with Gasteiger partial charge >= 0.3 is 5.97 Å². The molecular formula is C25H30N4O2S. The van der Waals surface area contributed by atoms with Crippen molar-refractivity contribution in [3.63, 3.8) is 0 Å². The van der Waals surface area contributed by atoms with Crippen molar-refractivity contribution in [2.24, 2.45) is 17.8 Å². The summed E-state index contributed by atoms with van der Waals surface area (Å²) < 4.78 is 7.95. The first kappa shape index (κ1) is 22.5. The van der Waals surface area contributed by atoms with Gasteiger partial charge in [-0.3, -0.25) is 14.3 Å². The van der Waals surface area contributed by atoms with Crippen LogP contribution in [0.2, 0.25) is 0 Å². The fraction of sp³-hybridized carbons (Fsp3) is 0.440. The minimum atomic E-state index is -0.187. The fourth-order valence-electron chi connectivity index (χ4n) is 4.44. The van der Waals surface area contributed by atoms with E-state index in [4.69, 9.17) is 4.74 Å². The van der Waals surface area contributed by atoms with Gasteiger partial charge in [-0.2, -0.15) is 0 Å². The number of benzene rings is 1. The number of hydrogen-bond acceptors (Lipinski definition) is 6. The van der Waals surface area contributed by atoms with Gasteiger partial charge in [-0.25, -0.2) is 0 Å². The molecule has 1 aliphatic carbocycles. The highest BCUT2D eigenvalue weighted by Crippen LogP contribution is 2.36. The van der Waals surface area contributed by atoms with Gasteiger partial charge in [0.15, 0.2) is 11.0 Å². The normalized spacial score (nSPS) is 20.9. The lowest BCUT2D eigenvalue weighted by Crippen LogP contribution is -2.36. The zero-order valence-electron chi connectivity index (χ0n) is 18.8. The monoisotopic (exact) mass is 450 g/mol. The third-order valence-corrected chi connectivity index (χ3v) is 7.05. The number of carbonyl (C=O) groups is 1. The van der Waals surface area contributed by atoms with Crippen LogP contribution in [-0.4, -0.2) is 37.6 Å². The lowest BCUT2D eigenvalue weighted by Gasteiger charge is -2.36. The molecule has 1 aliphatic rings. The Morgan fingerprint density at radius 2 is 1.88 bits per heavy atom. The minimum absolute atomic E-state index is 0.00576. The van der Waals surface area contributed by atoms with E-state index < -0.39 is 0 Å². The number of ether oxygens (including phenoxy) is 1. The van der Waals surface area contributed by atoms with Crippen LogP contribution < -0.4 is 0 Å². The molecule has 0 unspecified atom stereocenters. The second-order valence-corrected chi connectivity index (χ2v) is 9.80. The van der Waals surface area contributed by atoms with Crippen LogP contribution in [-0.2, 0) is 9.53 Å². The molecule has 0 radical (unpaired) electrons. The number of rotatable bonds is 7. The van der Waals surface area contributed by atoms with Crippen molar-refractivity contribution in [1.29, 1.82) is 0 Å². The van der Waals surface area contributed by atoms with E-state index in [1.807, 2.05) is 47.0 Å². The van der Waals surface area contributed by atoms with Gasteiger partial charge in [-0.1, -0.05) is 57.2 Å². The van der Waals surface area contributed by atoms with Crippen LogP contribution in [0.1, 0.15) is 40.0 Å². The smallest absolute Gasteiger partial charge is 0.316 e. The van der Waals surface area contributed by atoms with Crippen LogP contribution in [0.3, 0.4) is 0 Å². The molecule has 0 saturated heterocycles. The van der Waals surface area contributed by atoms with Crippen molar-refractivity contribution >= 4 is 17.7 Å². The van der Waals surface area contributed by atoms with Gasteiger partial charge in [-0.15, -0.1) is 10.2 Å². The topological polar surface area (TPSA) is 69.9 Å². The van der Waals surface area contributed by atoms with Gasteiger partial charge in [0, 0.05) is 23.6 Å². The summed E-state index contributed by atoms with van der Waals surface area (Å²) in [7, 11) is 0. The summed E-state index contributed by atoms with van der Waals surface area (Å²) in [5.74, 6) is 2.28. The molecule has 6 nitrogen and oxygen atoms in total. The Morgan fingerprint density at radius 3 is 2.59 bits per heavy atom. The maximum atomic E-state index is 12.8. The van der Waals surface area contributed by atoms with Crippen molar-refractivity contribution in [2.75, 3.05) is 5.75 Å². The highest BCUT2D eigenvalue weighted by molar-refractivity contribution is 7.99. The molecule has 2 heterocycles. The molecule has 0 N–H and O–H groups in total. The predicted molar refractivity (Wildman–Crippen MR) is 127 cm³/mol. The number of para-hydroxylation sites is 1. The van der Waals surface area contributed by atoms with Gasteiger partial charge in [0.1, 0.15) is 6.10 Å². The number of pyridine rings is 1. The molecule has 0 amide bonds. The summed E-state index contributed by atoms with van der Waals surface area (Å²) in [5, 5.41) is 9.47. The van der Waals surface area contributed by atoms with Crippen LogP contribution in [0.5, 0.6) is 0 Å². The number of hydrogen-bond donors (Lipinski definition) is 0. The zero-order valence-corrected chi connectivity index (χ0v) is 19.7. The molecular weight excluding hydrogens is 420 g/mol. The van der Waals surface area contributed by atoms with Gasteiger partial charge in [0.25, 0.3) is 0 Å². The molecule has 168 valence electrons. The summed E-state index contributed by atoms with van der Waals surface area (Å²) >= 11 is 1.36. The lowest BCUT2D eigenvalue weighted by molar-refractivity contribution is -0.152. The minimum Gasteiger partial charge on any atom is -0.461 e. The first-order chi connectivity index (χ1) is 15.5. The lowest BCUT2D eigenvalue weighted by atomic mass is 9.75. The number of thioether (sulfide) groups is 1. The largest absolute Gasteiger partial charge is 0.461 e. The molecule has 2 aromatic heterocycles. The van der Waals surface area contributed by atoms with Gasteiger partial charge in [-0.05, 0) is 54.9 Å². The Balaban J connectivity index is 1.51. The van der Waals surface area contributed by atoms with Crippen molar-refractivity contribution in [3.05, 3.63) is 54.9 Å². The third kappa shape index (κ3) is 5.21. The number of esters is 1. The van der Waals surface area contributed by atoms with E-state index in [2.05, 4.69) is 36.0 Å². The summed E-state index contributed by atoms with van der Waals surface area (Å²) in [5.41, 5.74) is 1.86. The van der Waals surface area contributed by atoms with E-state index >= 15 is 0 Å². The SMILES string of the molecule is CC(C)[C@@H]1CC[C@H](C)C[C@H]1OC(=O)CSc1nnc(-c2ccncc2)n1-c1ccccc1. The molecule has 0 bridgehead atoms. The molecule has 3 atom stereocenters. The highest BCUT2D eigenvalue weighted by Gasteiger charge is 2.33. The molecule has 0 spiro atoms. The van der Waals surface area contributed by atoms with E-state index in [-0.39, 0.29) is 17.8 Å². The summed E-state index contributed by atoms with van der Waals surface area (Å²) in [6.07, 6.45) is 6.77. The Bertz CT molecular complexity index is 1020. The number of nitrogens with zero attached hydrogens (tertiary/aromatic N) is 4. The first-order valence-corrected chi connectivity index (χ1v) is 12.2. The molecule has 0 aliphatic heterocycles. The van der Waals surface area contributed by atoms with Crippen molar-refractivity contribution in [1.82, 2.24) is 19.7 Å². The zero-order chi connectivity index (χ0) is 22.5. The summed E-state index contributed by atoms with van der Waals surface area (Å²) in [6, 6.07) is 13.8. The standard InChI is InChI=1S/C25H30N4O2S/c1-17(2)21-10-9-18(3)15-22(21)31-23(30)16-32-25-28-27-24(19-11-13-26-14-12-19)29(25)20-7-5-4-6-8-20/h4-8,11-14,17-18,21-22H,9-10,15-16H2,1-3H3/t18-,21-,22+/m0/s1. The van der Waals surface area contributed by atoms with Crippen LogP contribution in [0.4, 0.5) is 0 Å². The van der Waals surface area contributed by atoms with Crippen molar-refractivity contribution in [2.45, 2.75) is 51.3 Å². The van der Waals surface area contributed by atoms with Gasteiger partial charge in [0.2, 0.25) is 0 Å². The third-order valence-electron chi connectivity index (χ3n) is 6.15. The van der Waals surface area contributed by atoms with Crippen LogP contribution in [0.25, 0.3) is 17.1 Å². The van der Waals surface area contributed by atoms with E-state index in [9.17, 15) is 4.79 Å². The molecule has 1 aromatic carbocycles. The average molecular weight is 451 g/mol. The molecule has 32 heavy (non-hydrogen) atoms. The molecule has 4 rings (SSSR count). The van der Waals surface area contributed by atoms with Crippen molar-refractivity contribution in [3.8, 4) is 17.1 Å².